The molecule has 3 rings (SSSR count). The molecule has 0 aliphatic rings. The largest absolute Gasteiger partial charge is 0.337 e. The summed E-state index contributed by atoms with van der Waals surface area (Å²) in [6, 6.07) is 14.8. The highest BCUT2D eigenvalue weighted by Crippen LogP contribution is 2.37. The summed E-state index contributed by atoms with van der Waals surface area (Å²) in [5.41, 5.74) is 11.1. The quantitative estimate of drug-likeness (QED) is 0.416. The van der Waals surface area contributed by atoms with Gasteiger partial charge in [-0.1, -0.05) is 29.8 Å². The first-order valence-corrected chi connectivity index (χ1v) is 10.6. The van der Waals surface area contributed by atoms with Crippen molar-refractivity contribution in [3.05, 3.63) is 65.6 Å². The van der Waals surface area contributed by atoms with E-state index in [1.807, 2.05) is 18.7 Å². The molecule has 1 aromatic heterocycles. The highest BCUT2D eigenvalue weighted by Gasteiger charge is 2.17. The van der Waals surface area contributed by atoms with Gasteiger partial charge in [-0.3, -0.25) is 4.31 Å². The molecule has 0 amide bonds. The SMILES string of the molecule is CC=O.Cc1cccc(-c2c(C)n(C/C(F)=C/CN)c3ccc(SN(C)C)cc23)c1. The Morgan fingerprint density at radius 3 is 2.50 bits per heavy atom. The van der Waals surface area contributed by atoms with Crippen molar-refractivity contribution in [1.29, 1.82) is 0 Å². The lowest BCUT2D eigenvalue weighted by atomic mass is 10.0. The summed E-state index contributed by atoms with van der Waals surface area (Å²) >= 11 is 1.68. The van der Waals surface area contributed by atoms with Crippen molar-refractivity contribution in [2.75, 3.05) is 20.6 Å². The smallest absolute Gasteiger partial charge is 0.117 e. The fraction of sp³-hybridized carbons (Fsp3) is 0.292. The minimum Gasteiger partial charge on any atom is -0.337 e. The number of nitrogens with zero attached hydrogens (tertiary/aromatic N) is 2. The molecule has 0 aliphatic carbocycles. The molecule has 6 heteroatoms. The molecule has 30 heavy (non-hydrogen) atoms. The molecule has 0 unspecified atom stereocenters. The number of aromatic nitrogens is 1. The van der Waals surface area contributed by atoms with Crippen LogP contribution in [0.3, 0.4) is 0 Å². The fourth-order valence-corrected chi connectivity index (χ4v) is 4.16. The highest BCUT2D eigenvalue weighted by molar-refractivity contribution is 7.97. The van der Waals surface area contributed by atoms with Gasteiger partial charge in [0.05, 0.1) is 6.54 Å². The zero-order valence-corrected chi connectivity index (χ0v) is 19.1. The third-order valence-corrected chi connectivity index (χ3v) is 5.37. The third-order valence-electron chi connectivity index (χ3n) is 4.54. The summed E-state index contributed by atoms with van der Waals surface area (Å²) in [7, 11) is 4.06. The number of carbonyl (C=O) groups is 1. The molecule has 0 fully saturated rings. The Labute approximate surface area is 182 Å². The molecule has 0 saturated carbocycles. The van der Waals surface area contributed by atoms with E-state index in [9.17, 15) is 4.39 Å². The van der Waals surface area contributed by atoms with Crippen LogP contribution >= 0.6 is 11.9 Å². The van der Waals surface area contributed by atoms with Crippen LogP contribution in [0.25, 0.3) is 22.0 Å². The van der Waals surface area contributed by atoms with Crippen LogP contribution in [-0.4, -0.2) is 35.8 Å². The number of hydrogen-bond acceptors (Lipinski definition) is 4. The lowest BCUT2D eigenvalue weighted by Crippen LogP contribution is -2.03. The second-order valence-corrected chi connectivity index (χ2v) is 8.51. The Kier molecular flexibility index (Phi) is 8.84. The Hall–Kier alpha value is -2.41. The molecule has 0 atom stereocenters. The first-order chi connectivity index (χ1) is 14.3. The Balaban J connectivity index is 0.00000101. The van der Waals surface area contributed by atoms with Crippen LogP contribution in [0.2, 0.25) is 0 Å². The second kappa shape index (κ2) is 11.1. The summed E-state index contributed by atoms with van der Waals surface area (Å²) in [5, 5.41) is 1.14. The van der Waals surface area contributed by atoms with Crippen LogP contribution in [0.5, 0.6) is 0 Å². The van der Waals surface area contributed by atoms with Gasteiger partial charge in [0.15, 0.2) is 0 Å². The molecule has 4 nitrogen and oxygen atoms in total. The van der Waals surface area contributed by atoms with E-state index >= 15 is 0 Å². The van der Waals surface area contributed by atoms with Crippen molar-refractivity contribution in [2.24, 2.45) is 5.73 Å². The highest BCUT2D eigenvalue weighted by atomic mass is 32.2. The van der Waals surface area contributed by atoms with E-state index in [0.717, 1.165) is 38.9 Å². The van der Waals surface area contributed by atoms with Gasteiger partial charge in [0, 0.05) is 33.6 Å². The lowest BCUT2D eigenvalue weighted by Gasteiger charge is -2.09. The number of allylic oxidation sites excluding steroid dienone is 1. The third kappa shape index (κ3) is 5.81. The number of aldehydes is 1. The van der Waals surface area contributed by atoms with Gasteiger partial charge in [-0.25, -0.2) is 4.39 Å². The lowest BCUT2D eigenvalue weighted by molar-refractivity contribution is -0.106. The maximum atomic E-state index is 14.3. The van der Waals surface area contributed by atoms with Crippen LogP contribution in [0.15, 0.2) is 59.3 Å². The van der Waals surface area contributed by atoms with Crippen LogP contribution in [-0.2, 0) is 11.3 Å². The van der Waals surface area contributed by atoms with E-state index in [1.165, 1.54) is 18.6 Å². The number of hydrogen-bond donors (Lipinski definition) is 1. The molecule has 0 radical (unpaired) electrons. The molecule has 3 aromatic rings. The second-order valence-electron chi connectivity index (χ2n) is 7.12. The maximum absolute atomic E-state index is 14.3. The van der Waals surface area contributed by atoms with Crippen LogP contribution in [0.1, 0.15) is 18.2 Å². The molecule has 0 spiro atoms. The first-order valence-electron chi connectivity index (χ1n) is 9.81. The zero-order valence-electron chi connectivity index (χ0n) is 18.3. The molecule has 160 valence electrons. The molecule has 2 aromatic carbocycles. The fourth-order valence-electron chi connectivity index (χ4n) is 3.44. The zero-order chi connectivity index (χ0) is 22.3. The molecule has 0 aliphatic heterocycles. The molecule has 0 saturated heterocycles. The van der Waals surface area contributed by atoms with Crippen LogP contribution < -0.4 is 5.73 Å². The average Bonchev–Trinajstić information content (AvgIpc) is 2.93. The maximum Gasteiger partial charge on any atom is 0.117 e. The van der Waals surface area contributed by atoms with E-state index in [1.54, 1.807) is 11.9 Å². The van der Waals surface area contributed by atoms with Gasteiger partial charge in [0.1, 0.15) is 12.1 Å². The minimum atomic E-state index is -0.208. The number of rotatable bonds is 6. The summed E-state index contributed by atoms with van der Waals surface area (Å²) in [6.45, 7) is 6.01. The van der Waals surface area contributed by atoms with Gasteiger partial charge in [0.25, 0.3) is 0 Å². The standard InChI is InChI=1S/C22H26FN3S.C2H4O/c1-15-6-5-7-17(12-15)22-16(2)26(14-18(23)10-11-24)21-9-8-19(13-20(21)22)27-25(3)4;1-2-3/h5-10,12-13H,11,14,24H2,1-4H3;2H,1H3/b18-10-;. The number of fused-ring (bicyclic) bond motifs is 1. The molecule has 2 N–H and O–H groups in total. The van der Waals surface area contributed by atoms with Gasteiger partial charge in [-0.05, 0) is 76.7 Å². The molecule has 1 heterocycles. The van der Waals surface area contributed by atoms with Crippen molar-refractivity contribution in [3.63, 3.8) is 0 Å². The van der Waals surface area contributed by atoms with Gasteiger partial charge < -0.3 is 15.1 Å². The van der Waals surface area contributed by atoms with Gasteiger partial charge in [-0.15, -0.1) is 0 Å². The van der Waals surface area contributed by atoms with Crippen molar-refractivity contribution in [1.82, 2.24) is 8.87 Å². The van der Waals surface area contributed by atoms with E-state index in [-0.39, 0.29) is 18.9 Å². The minimum absolute atomic E-state index is 0.200. The van der Waals surface area contributed by atoms with Crippen molar-refractivity contribution >= 4 is 29.1 Å². The Morgan fingerprint density at radius 1 is 1.20 bits per heavy atom. The van der Waals surface area contributed by atoms with Crippen molar-refractivity contribution < 1.29 is 9.18 Å². The first kappa shape index (κ1) is 23.9. The number of benzene rings is 2. The number of halogens is 1. The van der Waals surface area contributed by atoms with Gasteiger partial charge in [0.2, 0.25) is 0 Å². The van der Waals surface area contributed by atoms with Crippen molar-refractivity contribution in [3.8, 4) is 11.1 Å². The molecule has 0 bridgehead atoms. The van der Waals surface area contributed by atoms with E-state index in [4.69, 9.17) is 10.5 Å². The summed E-state index contributed by atoms with van der Waals surface area (Å²) < 4.78 is 18.4. The molecular weight excluding hydrogens is 397 g/mol. The average molecular weight is 428 g/mol. The molecular formula is C24H30FN3OS. The van der Waals surface area contributed by atoms with E-state index in [0.29, 0.717) is 0 Å². The predicted octanol–water partition coefficient (Wildman–Crippen LogP) is 5.51. The van der Waals surface area contributed by atoms with E-state index in [2.05, 4.69) is 60.6 Å². The van der Waals surface area contributed by atoms with E-state index < -0.39 is 0 Å². The summed E-state index contributed by atoms with van der Waals surface area (Å²) in [5.74, 6) is -0.208. The number of aryl methyl sites for hydroxylation is 1. The van der Waals surface area contributed by atoms with Crippen molar-refractivity contribution in [2.45, 2.75) is 32.2 Å². The Morgan fingerprint density at radius 2 is 1.90 bits per heavy atom. The monoisotopic (exact) mass is 427 g/mol. The number of carbonyl (C=O) groups excluding carboxylic acids is 1. The van der Waals surface area contributed by atoms with Gasteiger partial charge >= 0.3 is 0 Å². The Bertz CT molecular complexity index is 1040. The van der Waals surface area contributed by atoms with Crippen LogP contribution in [0, 0.1) is 13.8 Å². The topological polar surface area (TPSA) is 51.3 Å². The van der Waals surface area contributed by atoms with Gasteiger partial charge in [-0.2, -0.15) is 0 Å². The summed E-state index contributed by atoms with van der Waals surface area (Å²) in [4.78, 5) is 9.97. The summed E-state index contributed by atoms with van der Waals surface area (Å²) in [6.07, 6.45) is 2.19. The normalized spacial score (nSPS) is 11.5. The van der Waals surface area contributed by atoms with Crippen LogP contribution in [0.4, 0.5) is 4.39 Å². The predicted molar refractivity (Wildman–Crippen MR) is 126 cm³/mol. The number of nitrogens with two attached hydrogens (primary N) is 1.